The Balaban J connectivity index is 1.35. The van der Waals surface area contributed by atoms with E-state index >= 15 is 0 Å². The summed E-state index contributed by atoms with van der Waals surface area (Å²) in [7, 11) is 1.88. The SMILES string of the molecule is C[C@H](C(=O)N(C)Cc1ccccc1)[C@@H]1CC[C@@]2(C)Cc3sc(-c4ccsc4)nc3[C@@H](C)[C@@H]2[C@H]1O. The van der Waals surface area contributed by atoms with E-state index in [1.807, 2.05) is 48.4 Å². The van der Waals surface area contributed by atoms with Crippen LogP contribution < -0.4 is 0 Å². The molecule has 0 unspecified atom stereocenters. The predicted octanol–water partition coefficient (Wildman–Crippen LogP) is 6.22. The van der Waals surface area contributed by atoms with Gasteiger partial charge in [-0.2, -0.15) is 11.3 Å². The highest BCUT2D eigenvalue weighted by molar-refractivity contribution is 7.15. The van der Waals surface area contributed by atoms with Crippen LogP contribution in [-0.2, 0) is 17.8 Å². The number of rotatable bonds is 5. The van der Waals surface area contributed by atoms with Gasteiger partial charge in [-0.3, -0.25) is 4.79 Å². The van der Waals surface area contributed by atoms with Crippen molar-refractivity contribution in [3.63, 3.8) is 0 Å². The van der Waals surface area contributed by atoms with Crippen LogP contribution in [0.3, 0.4) is 0 Å². The summed E-state index contributed by atoms with van der Waals surface area (Å²) in [5.74, 6) is 0.181. The first-order valence-corrected chi connectivity index (χ1v) is 14.0. The normalized spacial score (nSPS) is 29.2. The molecule has 1 aromatic carbocycles. The Labute approximate surface area is 210 Å². The molecule has 0 saturated heterocycles. The number of amides is 1. The molecule has 3 aromatic rings. The number of aliphatic hydroxyl groups is 1. The molecule has 0 radical (unpaired) electrons. The summed E-state index contributed by atoms with van der Waals surface area (Å²) in [4.78, 5) is 21.6. The number of benzene rings is 1. The van der Waals surface area contributed by atoms with Crippen LogP contribution in [0.25, 0.3) is 10.6 Å². The molecule has 4 nitrogen and oxygen atoms in total. The Morgan fingerprint density at radius 3 is 2.76 bits per heavy atom. The molecule has 2 aliphatic carbocycles. The van der Waals surface area contributed by atoms with Gasteiger partial charge in [0.05, 0.1) is 11.8 Å². The van der Waals surface area contributed by atoms with Gasteiger partial charge >= 0.3 is 0 Å². The summed E-state index contributed by atoms with van der Waals surface area (Å²) in [5, 5.41) is 17.1. The van der Waals surface area contributed by atoms with Crippen molar-refractivity contribution in [1.82, 2.24) is 9.88 Å². The summed E-state index contributed by atoms with van der Waals surface area (Å²) >= 11 is 3.52. The van der Waals surface area contributed by atoms with Gasteiger partial charge in [0.25, 0.3) is 0 Å². The van der Waals surface area contributed by atoms with E-state index in [1.54, 1.807) is 11.3 Å². The molecular weight excluding hydrogens is 460 g/mol. The Hall–Kier alpha value is -2.02. The van der Waals surface area contributed by atoms with Gasteiger partial charge in [-0.05, 0) is 53.5 Å². The minimum Gasteiger partial charge on any atom is -0.392 e. The highest BCUT2D eigenvalue weighted by atomic mass is 32.1. The number of carbonyl (C=O) groups is 1. The fraction of sp³-hybridized carbons (Fsp3) is 0.500. The average Bonchev–Trinajstić information content (AvgIpc) is 3.49. The Morgan fingerprint density at radius 2 is 2.06 bits per heavy atom. The zero-order valence-corrected chi connectivity index (χ0v) is 22.0. The largest absolute Gasteiger partial charge is 0.392 e. The molecule has 2 aliphatic rings. The molecule has 6 atom stereocenters. The maximum atomic E-state index is 13.4. The second-order valence-corrected chi connectivity index (χ2v) is 12.5. The number of aromatic nitrogens is 1. The lowest BCUT2D eigenvalue weighted by molar-refractivity contribution is -0.144. The van der Waals surface area contributed by atoms with Crippen LogP contribution in [0.15, 0.2) is 47.2 Å². The van der Waals surface area contributed by atoms with E-state index in [4.69, 9.17) is 4.98 Å². The first-order valence-electron chi connectivity index (χ1n) is 12.3. The summed E-state index contributed by atoms with van der Waals surface area (Å²) in [6.07, 6.45) is 2.39. The molecule has 1 amide bonds. The third kappa shape index (κ3) is 4.14. The van der Waals surface area contributed by atoms with Crippen molar-refractivity contribution in [3.05, 3.63) is 63.3 Å². The van der Waals surface area contributed by atoms with Crippen molar-refractivity contribution >= 4 is 28.6 Å². The van der Waals surface area contributed by atoms with Crippen LogP contribution in [0.1, 0.15) is 55.7 Å². The topological polar surface area (TPSA) is 53.4 Å². The van der Waals surface area contributed by atoms with Crippen LogP contribution >= 0.6 is 22.7 Å². The third-order valence-corrected chi connectivity index (χ3v) is 10.2. The zero-order chi connectivity index (χ0) is 24.0. The van der Waals surface area contributed by atoms with Crippen LogP contribution in [0.4, 0.5) is 0 Å². The molecule has 180 valence electrons. The Bertz CT molecular complexity index is 1140. The smallest absolute Gasteiger partial charge is 0.225 e. The van der Waals surface area contributed by atoms with Gasteiger partial charge in [-0.1, -0.05) is 51.1 Å². The lowest BCUT2D eigenvalue weighted by Crippen LogP contribution is -2.53. The molecule has 34 heavy (non-hydrogen) atoms. The van der Waals surface area contributed by atoms with Crippen molar-refractivity contribution < 1.29 is 9.90 Å². The van der Waals surface area contributed by atoms with Crippen molar-refractivity contribution in [2.24, 2.45) is 23.2 Å². The molecule has 2 aromatic heterocycles. The summed E-state index contributed by atoms with van der Waals surface area (Å²) < 4.78 is 0. The minimum absolute atomic E-state index is 0.0252. The molecule has 1 N–H and O–H groups in total. The van der Waals surface area contributed by atoms with Crippen molar-refractivity contribution in [2.45, 2.75) is 58.6 Å². The second kappa shape index (κ2) is 9.21. The first kappa shape index (κ1) is 23.7. The molecular formula is C28H34N2O2S2. The van der Waals surface area contributed by atoms with Crippen LogP contribution in [0, 0.1) is 23.2 Å². The molecule has 1 saturated carbocycles. The maximum Gasteiger partial charge on any atom is 0.225 e. The van der Waals surface area contributed by atoms with Crippen LogP contribution in [0.2, 0.25) is 0 Å². The summed E-state index contributed by atoms with van der Waals surface area (Å²) in [5.41, 5.74) is 3.53. The lowest BCUT2D eigenvalue weighted by atomic mass is 9.53. The van der Waals surface area contributed by atoms with Gasteiger partial charge in [-0.25, -0.2) is 4.98 Å². The number of aliphatic hydroxyl groups excluding tert-OH is 1. The molecule has 6 heteroatoms. The van der Waals surface area contributed by atoms with Gasteiger partial charge in [0.15, 0.2) is 0 Å². The number of nitrogens with zero attached hydrogens (tertiary/aromatic N) is 2. The second-order valence-electron chi connectivity index (χ2n) is 10.6. The van der Waals surface area contributed by atoms with E-state index in [1.165, 1.54) is 10.4 Å². The summed E-state index contributed by atoms with van der Waals surface area (Å²) in [6, 6.07) is 12.2. The standard InChI is InChI=1S/C28H34N2O2S2/c1-17(27(32)30(4)15-19-8-6-5-7-9-19)21-10-12-28(3)14-22-24(18(2)23(28)25(21)31)29-26(34-22)20-11-13-33-16-20/h5-9,11,13,16-18,21,23,25,31H,10,12,14-15H2,1-4H3/t17-,18-,21-,23+,25-,28-/m0/s1. The number of hydrogen-bond donors (Lipinski definition) is 1. The molecule has 5 rings (SSSR count). The maximum absolute atomic E-state index is 13.4. The summed E-state index contributed by atoms with van der Waals surface area (Å²) in [6.45, 7) is 7.18. The molecule has 0 spiro atoms. The highest BCUT2D eigenvalue weighted by Gasteiger charge is 2.54. The van der Waals surface area contributed by atoms with E-state index < -0.39 is 6.10 Å². The molecule has 0 bridgehead atoms. The third-order valence-electron chi connectivity index (χ3n) is 8.36. The highest BCUT2D eigenvalue weighted by Crippen LogP contribution is 2.57. The number of carbonyl (C=O) groups excluding carboxylic acids is 1. The van der Waals surface area contributed by atoms with E-state index in [9.17, 15) is 9.90 Å². The minimum atomic E-state index is -0.503. The van der Waals surface area contributed by atoms with Crippen molar-refractivity contribution in [3.8, 4) is 10.6 Å². The van der Waals surface area contributed by atoms with Crippen molar-refractivity contribution in [2.75, 3.05) is 7.05 Å². The van der Waals surface area contributed by atoms with E-state index in [2.05, 4.69) is 42.8 Å². The fourth-order valence-corrected chi connectivity index (χ4v) is 8.60. The Kier molecular flexibility index (Phi) is 6.42. The predicted molar refractivity (Wildman–Crippen MR) is 140 cm³/mol. The van der Waals surface area contributed by atoms with Crippen molar-refractivity contribution in [1.29, 1.82) is 0 Å². The van der Waals surface area contributed by atoms with Gasteiger partial charge in [0.2, 0.25) is 5.91 Å². The van der Waals surface area contributed by atoms with Gasteiger partial charge in [0.1, 0.15) is 5.01 Å². The number of thiazole rings is 1. The monoisotopic (exact) mass is 494 g/mol. The zero-order valence-electron chi connectivity index (χ0n) is 20.4. The fourth-order valence-electron chi connectivity index (χ4n) is 6.52. The van der Waals surface area contributed by atoms with E-state index in [0.717, 1.165) is 35.5 Å². The number of hydrogen-bond acceptors (Lipinski definition) is 5. The van der Waals surface area contributed by atoms with Gasteiger partial charge in [0, 0.05) is 41.2 Å². The number of fused-ring (bicyclic) bond motifs is 2. The first-order chi connectivity index (χ1) is 16.3. The van der Waals surface area contributed by atoms with Crippen LogP contribution in [-0.4, -0.2) is 34.0 Å². The van der Waals surface area contributed by atoms with E-state index in [-0.39, 0.29) is 35.0 Å². The van der Waals surface area contributed by atoms with Crippen LogP contribution in [0.5, 0.6) is 0 Å². The Morgan fingerprint density at radius 1 is 1.29 bits per heavy atom. The van der Waals surface area contributed by atoms with Gasteiger partial charge < -0.3 is 10.0 Å². The van der Waals surface area contributed by atoms with Gasteiger partial charge in [-0.15, -0.1) is 11.3 Å². The average molecular weight is 495 g/mol. The lowest BCUT2D eigenvalue weighted by Gasteiger charge is -2.53. The number of thiophene rings is 1. The molecule has 2 heterocycles. The molecule has 1 fully saturated rings. The quantitative estimate of drug-likeness (QED) is 0.458. The molecule has 0 aliphatic heterocycles. The van der Waals surface area contributed by atoms with E-state index in [0.29, 0.717) is 6.54 Å².